The normalized spacial score (nSPS) is 12.0. The molecule has 4 aromatic rings. The Morgan fingerprint density at radius 1 is 1.06 bits per heavy atom. The number of imidazole rings is 2. The van der Waals surface area contributed by atoms with Crippen LogP contribution in [0.25, 0.3) is 27.8 Å². The Kier molecular flexibility index (Phi) is 1.58. The van der Waals surface area contributed by atoms with Crippen LogP contribution in [0.15, 0.2) is 42.5 Å². The monoisotopic (exact) mass is 237 g/mol. The zero-order chi connectivity index (χ0) is 11.4. The number of nitrogens with zero attached hydrogens (tertiary/aromatic N) is 2. The van der Waals surface area contributed by atoms with Gasteiger partial charge in [0.15, 0.2) is 0 Å². The summed E-state index contributed by atoms with van der Waals surface area (Å²) in [6, 6.07) is 14.7. The number of fused-ring (bicyclic) bond motifs is 5. The molecule has 0 unspecified atom stereocenters. The molecule has 3 nitrogen and oxygen atoms in total. The van der Waals surface area contributed by atoms with Crippen LogP contribution in [0.2, 0.25) is 0 Å². The Hall–Kier alpha value is -2.07. The van der Waals surface area contributed by atoms with Crippen molar-refractivity contribution in [3.63, 3.8) is 0 Å². The topological polar surface area (TPSA) is 33.1 Å². The van der Waals surface area contributed by atoms with Gasteiger partial charge in [0.1, 0.15) is 0 Å². The van der Waals surface area contributed by atoms with Crippen molar-refractivity contribution in [2.75, 3.05) is 0 Å². The number of benzene rings is 2. The number of aromatic amines is 1. The standard InChI is InChI=1S/C13H11N3Si/c17-11-7-3-5-9-12(11)16-10-6-2-1-4-8(10)14-13(16)15-9/h1-7H,17H3,(H,14,15). The van der Waals surface area contributed by atoms with Crippen LogP contribution in [-0.4, -0.2) is 24.6 Å². The second-order valence-electron chi connectivity index (χ2n) is 4.36. The van der Waals surface area contributed by atoms with E-state index in [9.17, 15) is 0 Å². The van der Waals surface area contributed by atoms with Crippen molar-refractivity contribution >= 4 is 43.3 Å². The summed E-state index contributed by atoms with van der Waals surface area (Å²) < 4.78 is 2.23. The minimum Gasteiger partial charge on any atom is -0.323 e. The summed E-state index contributed by atoms with van der Waals surface area (Å²) in [6.45, 7) is 0. The average molecular weight is 237 g/mol. The van der Waals surface area contributed by atoms with Crippen LogP contribution in [0, 0.1) is 0 Å². The summed E-state index contributed by atoms with van der Waals surface area (Å²) in [4.78, 5) is 8.00. The quantitative estimate of drug-likeness (QED) is 0.454. The number of nitrogens with one attached hydrogen (secondary N) is 1. The van der Waals surface area contributed by atoms with Crippen LogP contribution >= 0.6 is 0 Å². The first-order valence-corrected chi connectivity index (χ1v) is 6.69. The Bertz CT molecular complexity index is 857. The van der Waals surface area contributed by atoms with Gasteiger partial charge in [-0.15, -0.1) is 0 Å². The van der Waals surface area contributed by atoms with Gasteiger partial charge in [0.05, 0.1) is 22.1 Å². The molecule has 0 atom stereocenters. The van der Waals surface area contributed by atoms with Crippen LogP contribution < -0.4 is 5.19 Å². The van der Waals surface area contributed by atoms with Gasteiger partial charge in [0, 0.05) is 10.2 Å². The molecule has 0 spiro atoms. The van der Waals surface area contributed by atoms with E-state index in [-0.39, 0.29) is 0 Å². The molecule has 0 bridgehead atoms. The highest BCUT2D eigenvalue weighted by molar-refractivity contribution is 6.38. The van der Waals surface area contributed by atoms with Crippen LogP contribution in [0.5, 0.6) is 0 Å². The number of hydrogen-bond acceptors (Lipinski definition) is 1. The molecule has 4 rings (SSSR count). The maximum absolute atomic E-state index is 4.64. The van der Waals surface area contributed by atoms with Gasteiger partial charge in [-0.3, -0.25) is 4.40 Å². The molecule has 82 valence electrons. The molecule has 0 aliphatic rings. The fourth-order valence-corrected chi connectivity index (χ4v) is 3.18. The highest BCUT2D eigenvalue weighted by Gasteiger charge is 2.10. The van der Waals surface area contributed by atoms with Crippen LogP contribution in [0.1, 0.15) is 0 Å². The summed E-state index contributed by atoms with van der Waals surface area (Å²) in [5, 5.41) is 1.39. The Balaban J connectivity index is 2.39. The molecule has 17 heavy (non-hydrogen) atoms. The molecule has 2 aromatic heterocycles. The number of H-pyrrole nitrogens is 1. The second-order valence-corrected chi connectivity index (χ2v) is 5.43. The summed E-state index contributed by atoms with van der Waals surface area (Å²) in [5.74, 6) is 0.935. The Labute approximate surface area is 101 Å². The van der Waals surface area contributed by atoms with Gasteiger partial charge in [-0.2, -0.15) is 0 Å². The largest absolute Gasteiger partial charge is 0.323 e. The molecular weight excluding hydrogens is 226 g/mol. The number of rotatable bonds is 0. The highest BCUT2D eigenvalue weighted by atomic mass is 28.1. The molecule has 4 heteroatoms. The Morgan fingerprint density at radius 2 is 1.94 bits per heavy atom. The van der Waals surface area contributed by atoms with Crippen molar-refractivity contribution in [1.82, 2.24) is 14.4 Å². The molecule has 0 amide bonds. The summed E-state index contributed by atoms with van der Waals surface area (Å²) in [5.41, 5.74) is 4.68. The van der Waals surface area contributed by atoms with Crippen LogP contribution in [0.4, 0.5) is 0 Å². The molecule has 0 fully saturated rings. The maximum Gasteiger partial charge on any atom is 0.213 e. The van der Waals surface area contributed by atoms with Gasteiger partial charge < -0.3 is 4.98 Å². The van der Waals surface area contributed by atoms with E-state index in [0.717, 1.165) is 27.1 Å². The van der Waals surface area contributed by atoms with Gasteiger partial charge in [-0.25, -0.2) is 4.98 Å². The lowest BCUT2D eigenvalue weighted by Gasteiger charge is -1.97. The van der Waals surface area contributed by atoms with Crippen LogP contribution in [-0.2, 0) is 0 Å². The molecule has 0 saturated carbocycles. The van der Waals surface area contributed by atoms with Crippen molar-refractivity contribution in [2.24, 2.45) is 0 Å². The third kappa shape index (κ3) is 1.08. The summed E-state index contributed by atoms with van der Waals surface area (Å²) in [7, 11) is 1.03. The van der Waals surface area contributed by atoms with E-state index < -0.39 is 0 Å². The third-order valence-corrected chi connectivity index (χ3v) is 4.08. The smallest absolute Gasteiger partial charge is 0.213 e. The van der Waals surface area contributed by atoms with E-state index in [2.05, 4.69) is 50.8 Å². The molecular formula is C13H11N3Si. The zero-order valence-electron chi connectivity index (χ0n) is 9.44. The molecule has 0 saturated heterocycles. The SMILES string of the molecule is [SiH3]c1cccc2nc3[nH]c4ccccc4n3c12. The van der Waals surface area contributed by atoms with Crippen molar-refractivity contribution < 1.29 is 0 Å². The average Bonchev–Trinajstić information content (AvgIpc) is 2.84. The van der Waals surface area contributed by atoms with Gasteiger partial charge >= 0.3 is 0 Å². The lowest BCUT2D eigenvalue weighted by molar-refractivity contribution is 1.28. The molecule has 2 heterocycles. The van der Waals surface area contributed by atoms with Crippen molar-refractivity contribution in [3.8, 4) is 0 Å². The predicted molar refractivity (Wildman–Crippen MR) is 74.1 cm³/mol. The molecule has 0 aliphatic heterocycles. The van der Waals surface area contributed by atoms with E-state index in [1.807, 2.05) is 6.07 Å². The first-order chi connectivity index (χ1) is 8.34. The van der Waals surface area contributed by atoms with E-state index in [1.165, 1.54) is 16.2 Å². The third-order valence-electron chi connectivity index (χ3n) is 3.27. The van der Waals surface area contributed by atoms with Crippen molar-refractivity contribution in [1.29, 1.82) is 0 Å². The van der Waals surface area contributed by atoms with Gasteiger partial charge in [-0.05, 0) is 23.4 Å². The van der Waals surface area contributed by atoms with Crippen LogP contribution in [0.3, 0.4) is 0 Å². The first kappa shape index (κ1) is 9.01. The fraction of sp³-hybridized carbons (Fsp3) is 0. The minimum absolute atomic E-state index is 0.935. The molecule has 0 aliphatic carbocycles. The number of aromatic nitrogens is 3. The molecule has 2 aromatic carbocycles. The lowest BCUT2D eigenvalue weighted by atomic mass is 10.3. The molecule has 1 N–H and O–H groups in total. The molecule has 0 radical (unpaired) electrons. The maximum atomic E-state index is 4.64. The van der Waals surface area contributed by atoms with E-state index in [0.29, 0.717) is 0 Å². The van der Waals surface area contributed by atoms with E-state index in [4.69, 9.17) is 0 Å². The van der Waals surface area contributed by atoms with Gasteiger partial charge in [-0.1, -0.05) is 24.3 Å². The van der Waals surface area contributed by atoms with Crippen molar-refractivity contribution in [3.05, 3.63) is 42.5 Å². The highest BCUT2D eigenvalue weighted by Crippen LogP contribution is 2.21. The second kappa shape index (κ2) is 2.98. The minimum atomic E-state index is 0.935. The van der Waals surface area contributed by atoms with Crippen molar-refractivity contribution in [2.45, 2.75) is 0 Å². The fourth-order valence-electron chi connectivity index (χ4n) is 2.51. The zero-order valence-corrected chi connectivity index (χ0v) is 11.4. The first-order valence-electron chi connectivity index (χ1n) is 5.69. The van der Waals surface area contributed by atoms with E-state index in [1.54, 1.807) is 0 Å². The summed E-state index contributed by atoms with van der Waals surface area (Å²) in [6.07, 6.45) is 0. The lowest BCUT2D eigenvalue weighted by Crippen LogP contribution is -2.04. The number of para-hydroxylation sites is 3. The van der Waals surface area contributed by atoms with Gasteiger partial charge in [0.2, 0.25) is 5.78 Å². The van der Waals surface area contributed by atoms with Gasteiger partial charge in [0.25, 0.3) is 0 Å². The number of hydrogen-bond donors (Lipinski definition) is 1. The summed E-state index contributed by atoms with van der Waals surface area (Å²) >= 11 is 0. The Morgan fingerprint density at radius 3 is 2.88 bits per heavy atom. The van der Waals surface area contributed by atoms with E-state index >= 15 is 0 Å². The predicted octanol–water partition coefficient (Wildman–Crippen LogP) is 0.959.